The largest absolute Gasteiger partial charge is 0.507 e. The van der Waals surface area contributed by atoms with E-state index in [1.165, 1.54) is 24.3 Å². The Bertz CT molecular complexity index is 1310. The molecule has 0 spiro atoms. The number of amides is 1. The van der Waals surface area contributed by atoms with Gasteiger partial charge in [0.15, 0.2) is 5.58 Å². The number of benzene rings is 3. The van der Waals surface area contributed by atoms with Gasteiger partial charge in [-0.25, -0.2) is 4.98 Å². The average Bonchev–Trinajstić information content (AvgIpc) is 3.12. The number of nitro groups is 1. The number of carbonyl (C=O) groups excluding carboxylic acids is 1. The van der Waals surface area contributed by atoms with Crippen molar-refractivity contribution in [2.24, 2.45) is 0 Å². The van der Waals surface area contributed by atoms with Crippen molar-refractivity contribution in [1.82, 2.24) is 4.98 Å². The third kappa shape index (κ3) is 3.46. The molecule has 30 heavy (non-hydrogen) atoms. The number of aryl methyl sites for hydroxylation is 2. The van der Waals surface area contributed by atoms with Crippen molar-refractivity contribution in [3.05, 3.63) is 81.4 Å². The topological polar surface area (TPSA) is 118 Å². The maximum Gasteiger partial charge on any atom is 0.282 e. The van der Waals surface area contributed by atoms with Gasteiger partial charge in [-0.3, -0.25) is 14.9 Å². The molecule has 2 N–H and O–H groups in total. The number of hydrogen-bond donors (Lipinski definition) is 2. The van der Waals surface area contributed by atoms with Crippen molar-refractivity contribution in [3.63, 3.8) is 0 Å². The minimum absolute atomic E-state index is 0.0733. The quantitative estimate of drug-likeness (QED) is 0.366. The summed E-state index contributed by atoms with van der Waals surface area (Å²) in [4.78, 5) is 27.4. The lowest BCUT2D eigenvalue weighted by Crippen LogP contribution is -2.13. The SMILES string of the molecule is Cc1cc(C)c2oc(-c3ccc(NC(=O)c4ccccc4[N+](=O)[O-])cc3O)nc2c1. The molecule has 0 unspecified atom stereocenters. The summed E-state index contributed by atoms with van der Waals surface area (Å²) in [6.45, 7) is 3.89. The molecule has 3 aromatic carbocycles. The number of oxazole rings is 1. The first-order valence-corrected chi connectivity index (χ1v) is 9.09. The van der Waals surface area contributed by atoms with Crippen LogP contribution in [0.5, 0.6) is 5.75 Å². The lowest BCUT2D eigenvalue weighted by molar-refractivity contribution is -0.385. The van der Waals surface area contributed by atoms with Crippen molar-refractivity contribution in [2.45, 2.75) is 13.8 Å². The van der Waals surface area contributed by atoms with Crippen LogP contribution in [-0.2, 0) is 0 Å². The van der Waals surface area contributed by atoms with Crippen LogP contribution in [0, 0.1) is 24.0 Å². The highest BCUT2D eigenvalue weighted by Gasteiger charge is 2.20. The van der Waals surface area contributed by atoms with Gasteiger partial charge in [0.1, 0.15) is 16.8 Å². The van der Waals surface area contributed by atoms with Crippen molar-refractivity contribution in [3.8, 4) is 17.2 Å². The first-order valence-electron chi connectivity index (χ1n) is 9.09. The van der Waals surface area contributed by atoms with Gasteiger partial charge >= 0.3 is 0 Å². The van der Waals surface area contributed by atoms with Crippen LogP contribution in [0.3, 0.4) is 0 Å². The van der Waals surface area contributed by atoms with Crippen LogP contribution in [0.2, 0.25) is 0 Å². The summed E-state index contributed by atoms with van der Waals surface area (Å²) >= 11 is 0. The second-order valence-electron chi connectivity index (χ2n) is 6.91. The van der Waals surface area contributed by atoms with Gasteiger partial charge < -0.3 is 14.8 Å². The van der Waals surface area contributed by atoms with Crippen molar-refractivity contribution in [1.29, 1.82) is 0 Å². The second-order valence-corrected chi connectivity index (χ2v) is 6.91. The van der Waals surface area contributed by atoms with E-state index in [-0.39, 0.29) is 28.6 Å². The van der Waals surface area contributed by atoms with Crippen LogP contribution >= 0.6 is 0 Å². The number of aromatic hydroxyl groups is 1. The highest BCUT2D eigenvalue weighted by molar-refractivity contribution is 6.07. The van der Waals surface area contributed by atoms with Crippen LogP contribution in [0.15, 0.2) is 59.0 Å². The second kappa shape index (κ2) is 7.32. The van der Waals surface area contributed by atoms with Crippen LogP contribution in [0.25, 0.3) is 22.6 Å². The first kappa shape index (κ1) is 19.1. The fourth-order valence-electron chi connectivity index (χ4n) is 3.31. The summed E-state index contributed by atoms with van der Waals surface area (Å²) in [5.41, 5.74) is 3.60. The molecule has 0 aliphatic rings. The summed E-state index contributed by atoms with van der Waals surface area (Å²) in [6, 6.07) is 14.0. The normalized spacial score (nSPS) is 10.9. The number of fused-ring (bicyclic) bond motifs is 1. The monoisotopic (exact) mass is 403 g/mol. The first-order chi connectivity index (χ1) is 14.3. The van der Waals surface area contributed by atoms with E-state index in [1.54, 1.807) is 18.2 Å². The molecule has 0 saturated carbocycles. The molecule has 8 heteroatoms. The van der Waals surface area contributed by atoms with Crippen LogP contribution in [0.4, 0.5) is 11.4 Å². The fraction of sp³-hybridized carbons (Fsp3) is 0.0909. The number of nitrogens with one attached hydrogen (secondary N) is 1. The Morgan fingerprint density at radius 2 is 1.90 bits per heavy atom. The molecule has 0 aliphatic carbocycles. The summed E-state index contributed by atoms with van der Waals surface area (Å²) in [5, 5.41) is 24.1. The van der Waals surface area contributed by atoms with Crippen molar-refractivity contribution >= 4 is 28.4 Å². The number of nitro benzene ring substituents is 1. The van der Waals surface area contributed by atoms with E-state index in [2.05, 4.69) is 10.3 Å². The van der Waals surface area contributed by atoms with Gasteiger partial charge in [0, 0.05) is 17.8 Å². The zero-order valence-corrected chi connectivity index (χ0v) is 16.2. The molecule has 4 aromatic rings. The number of para-hydroxylation sites is 1. The lowest BCUT2D eigenvalue weighted by atomic mass is 10.1. The minimum Gasteiger partial charge on any atom is -0.507 e. The standard InChI is InChI=1S/C22H17N3O5/c1-12-9-13(2)20-17(10-12)24-22(30-20)16-8-7-14(11-19(16)26)23-21(27)15-5-3-4-6-18(15)25(28)29/h3-11,26H,1-2H3,(H,23,27). The van der Waals surface area contributed by atoms with E-state index in [0.717, 1.165) is 11.1 Å². The number of phenols is 1. The molecule has 0 radical (unpaired) electrons. The molecule has 4 rings (SSSR count). The summed E-state index contributed by atoms with van der Waals surface area (Å²) in [7, 11) is 0. The minimum atomic E-state index is -0.651. The number of phenolic OH excluding ortho intramolecular Hbond substituents is 1. The molecule has 1 aromatic heterocycles. The summed E-state index contributed by atoms with van der Waals surface area (Å²) in [5.74, 6) is -0.536. The summed E-state index contributed by atoms with van der Waals surface area (Å²) in [6.07, 6.45) is 0. The molecule has 8 nitrogen and oxygen atoms in total. The van der Waals surface area contributed by atoms with Crippen LogP contribution in [0.1, 0.15) is 21.5 Å². The van der Waals surface area contributed by atoms with Gasteiger partial charge in [0.2, 0.25) is 5.89 Å². The number of nitrogens with zero attached hydrogens (tertiary/aromatic N) is 2. The van der Waals surface area contributed by atoms with E-state index in [1.807, 2.05) is 26.0 Å². The molecule has 0 atom stereocenters. The number of hydrogen-bond acceptors (Lipinski definition) is 6. The molecule has 150 valence electrons. The Kier molecular flexibility index (Phi) is 4.67. The summed E-state index contributed by atoms with van der Waals surface area (Å²) < 4.78 is 5.82. The Morgan fingerprint density at radius 3 is 2.63 bits per heavy atom. The number of aromatic nitrogens is 1. The van der Waals surface area contributed by atoms with Crippen molar-refractivity contribution in [2.75, 3.05) is 5.32 Å². The lowest BCUT2D eigenvalue weighted by Gasteiger charge is -2.08. The smallest absolute Gasteiger partial charge is 0.282 e. The van der Waals surface area contributed by atoms with Gasteiger partial charge in [-0.05, 0) is 49.2 Å². The van der Waals surface area contributed by atoms with Gasteiger partial charge in [0.25, 0.3) is 11.6 Å². The molecule has 0 bridgehead atoms. The van der Waals surface area contributed by atoms with E-state index >= 15 is 0 Å². The van der Waals surface area contributed by atoms with Gasteiger partial charge in [-0.15, -0.1) is 0 Å². The number of carbonyl (C=O) groups is 1. The maximum absolute atomic E-state index is 12.5. The zero-order valence-electron chi connectivity index (χ0n) is 16.2. The molecule has 1 amide bonds. The predicted molar refractivity (Wildman–Crippen MR) is 112 cm³/mol. The molecular formula is C22H17N3O5. The predicted octanol–water partition coefficient (Wildman–Crippen LogP) is 4.98. The van der Waals surface area contributed by atoms with E-state index in [9.17, 15) is 20.0 Å². The third-order valence-corrected chi connectivity index (χ3v) is 4.65. The molecule has 0 saturated heterocycles. The van der Waals surface area contributed by atoms with Gasteiger partial charge in [-0.1, -0.05) is 18.2 Å². The Balaban J connectivity index is 1.64. The van der Waals surface area contributed by atoms with E-state index < -0.39 is 10.8 Å². The molecule has 0 aliphatic heterocycles. The number of rotatable bonds is 4. The van der Waals surface area contributed by atoms with E-state index in [0.29, 0.717) is 16.7 Å². The Morgan fingerprint density at radius 1 is 1.13 bits per heavy atom. The number of anilines is 1. The Labute approximate surface area is 170 Å². The maximum atomic E-state index is 12.5. The highest BCUT2D eigenvalue weighted by atomic mass is 16.6. The third-order valence-electron chi connectivity index (χ3n) is 4.65. The van der Waals surface area contributed by atoms with Crippen LogP contribution < -0.4 is 5.32 Å². The van der Waals surface area contributed by atoms with Crippen molar-refractivity contribution < 1.29 is 19.2 Å². The fourth-order valence-corrected chi connectivity index (χ4v) is 3.31. The van der Waals surface area contributed by atoms with Gasteiger partial charge in [-0.2, -0.15) is 0 Å². The zero-order chi connectivity index (χ0) is 21.4. The van der Waals surface area contributed by atoms with E-state index in [4.69, 9.17) is 4.42 Å². The van der Waals surface area contributed by atoms with Gasteiger partial charge in [0.05, 0.1) is 10.5 Å². The van der Waals surface area contributed by atoms with Crippen LogP contribution in [-0.4, -0.2) is 20.9 Å². The molecule has 0 fully saturated rings. The Hall–Kier alpha value is -4.20. The molecule has 1 heterocycles. The average molecular weight is 403 g/mol. The molecular weight excluding hydrogens is 386 g/mol. The highest BCUT2D eigenvalue weighted by Crippen LogP contribution is 2.34.